The first-order chi connectivity index (χ1) is 12.3. The van der Waals surface area contributed by atoms with Gasteiger partial charge in [-0.2, -0.15) is 0 Å². The van der Waals surface area contributed by atoms with Gasteiger partial charge in [0.25, 0.3) is 5.91 Å². The molecule has 0 unspecified atom stereocenters. The van der Waals surface area contributed by atoms with Gasteiger partial charge in [-0.3, -0.25) is 4.79 Å². The summed E-state index contributed by atoms with van der Waals surface area (Å²) in [6.07, 6.45) is 0.649. The van der Waals surface area contributed by atoms with Gasteiger partial charge in [-0.05, 0) is 49.2 Å². The standard InChI is InChI=1S/C18H21ClN2O4S/c1-4-10-20-26(23,24)17-11-13(8-9-16(17)25-3)18(22)21-15-7-5-6-14(19)12(15)2/h5-9,11,20H,4,10H2,1-3H3,(H,21,22). The summed E-state index contributed by atoms with van der Waals surface area (Å²) in [6.45, 7) is 3.94. The molecule has 0 aliphatic rings. The number of amides is 1. The summed E-state index contributed by atoms with van der Waals surface area (Å²) in [5, 5.41) is 3.28. The third-order valence-corrected chi connectivity index (χ3v) is 5.66. The molecule has 6 nitrogen and oxygen atoms in total. The molecule has 0 heterocycles. The molecule has 0 fully saturated rings. The number of benzene rings is 2. The highest BCUT2D eigenvalue weighted by Crippen LogP contribution is 2.27. The largest absolute Gasteiger partial charge is 0.495 e. The van der Waals surface area contributed by atoms with Crippen molar-refractivity contribution in [2.75, 3.05) is 19.0 Å². The molecule has 0 saturated heterocycles. The van der Waals surface area contributed by atoms with Gasteiger partial charge < -0.3 is 10.1 Å². The Kier molecular flexibility index (Phi) is 6.63. The van der Waals surface area contributed by atoms with Crippen molar-refractivity contribution in [2.24, 2.45) is 0 Å². The molecular weight excluding hydrogens is 376 g/mol. The number of hydrogen-bond donors (Lipinski definition) is 2. The third kappa shape index (κ3) is 4.55. The van der Waals surface area contributed by atoms with Crippen LogP contribution in [0.1, 0.15) is 29.3 Å². The molecule has 8 heteroatoms. The molecule has 26 heavy (non-hydrogen) atoms. The van der Waals surface area contributed by atoms with Crippen molar-refractivity contribution >= 4 is 33.2 Å². The second kappa shape index (κ2) is 8.53. The minimum atomic E-state index is -3.79. The van der Waals surface area contributed by atoms with Gasteiger partial charge in [-0.1, -0.05) is 24.6 Å². The highest BCUT2D eigenvalue weighted by atomic mass is 35.5. The van der Waals surface area contributed by atoms with Gasteiger partial charge in [0.2, 0.25) is 10.0 Å². The molecule has 0 spiro atoms. The van der Waals surface area contributed by atoms with E-state index in [0.717, 1.165) is 5.56 Å². The van der Waals surface area contributed by atoms with Gasteiger partial charge in [0, 0.05) is 22.8 Å². The molecule has 2 aromatic carbocycles. The number of halogens is 1. The molecule has 2 N–H and O–H groups in total. The average molecular weight is 397 g/mol. The number of anilines is 1. The van der Waals surface area contributed by atoms with Crippen LogP contribution >= 0.6 is 11.6 Å². The van der Waals surface area contributed by atoms with Crippen molar-refractivity contribution in [1.82, 2.24) is 4.72 Å². The fourth-order valence-electron chi connectivity index (χ4n) is 2.28. The van der Waals surface area contributed by atoms with E-state index in [4.69, 9.17) is 16.3 Å². The first kappa shape index (κ1) is 20.2. The van der Waals surface area contributed by atoms with E-state index in [9.17, 15) is 13.2 Å². The smallest absolute Gasteiger partial charge is 0.255 e. The van der Waals surface area contributed by atoms with E-state index in [1.165, 1.54) is 25.3 Å². The maximum absolute atomic E-state index is 12.6. The maximum atomic E-state index is 12.6. The van der Waals surface area contributed by atoms with Crippen molar-refractivity contribution in [2.45, 2.75) is 25.2 Å². The first-order valence-corrected chi connectivity index (χ1v) is 9.90. The van der Waals surface area contributed by atoms with Gasteiger partial charge in [0.05, 0.1) is 7.11 Å². The Hall–Kier alpha value is -2.09. The minimum absolute atomic E-state index is 0.0797. The van der Waals surface area contributed by atoms with E-state index in [0.29, 0.717) is 23.7 Å². The molecular formula is C18H21ClN2O4S. The number of nitrogens with one attached hydrogen (secondary N) is 2. The summed E-state index contributed by atoms with van der Waals surface area (Å²) < 4.78 is 32.5. The molecule has 0 aliphatic carbocycles. The van der Waals surface area contributed by atoms with Gasteiger partial charge in [-0.25, -0.2) is 13.1 Å². The van der Waals surface area contributed by atoms with E-state index in [1.54, 1.807) is 25.1 Å². The SMILES string of the molecule is CCCNS(=O)(=O)c1cc(C(=O)Nc2cccc(Cl)c2C)ccc1OC. The molecule has 0 bridgehead atoms. The topological polar surface area (TPSA) is 84.5 Å². The average Bonchev–Trinajstić information content (AvgIpc) is 2.63. The lowest BCUT2D eigenvalue weighted by atomic mass is 10.1. The van der Waals surface area contributed by atoms with Crippen LogP contribution in [0, 0.1) is 6.92 Å². The highest BCUT2D eigenvalue weighted by molar-refractivity contribution is 7.89. The van der Waals surface area contributed by atoms with E-state index in [1.807, 2.05) is 6.92 Å². The zero-order valence-corrected chi connectivity index (χ0v) is 16.4. The Morgan fingerprint density at radius 2 is 1.96 bits per heavy atom. The van der Waals surface area contributed by atoms with Gasteiger partial charge >= 0.3 is 0 Å². The van der Waals surface area contributed by atoms with Crippen molar-refractivity contribution in [3.63, 3.8) is 0 Å². The number of sulfonamides is 1. The second-order valence-corrected chi connectivity index (χ2v) is 7.77. The van der Waals surface area contributed by atoms with Crippen molar-refractivity contribution in [3.8, 4) is 5.75 Å². The summed E-state index contributed by atoms with van der Waals surface area (Å²) in [4.78, 5) is 12.5. The first-order valence-electron chi connectivity index (χ1n) is 8.04. The minimum Gasteiger partial charge on any atom is -0.495 e. The lowest BCUT2D eigenvalue weighted by Crippen LogP contribution is -2.25. The lowest BCUT2D eigenvalue weighted by Gasteiger charge is -2.13. The summed E-state index contributed by atoms with van der Waals surface area (Å²) in [7, 11) is -2.41. The number of ether oxygens (including phenoxy) is 1. The van der Waals surface area contributed by atoms with Gasteiger partial charge in [-0.15, -0.1) is 0 Å². The molecule has 140 valence electrons. The fraction of sp³-hybridized carbons (Fsp3) is 0.278. The zero-order valence-electron chi connectivity index (χ0n) is 14.8. The Morgan fingerprint density at radius 3 is 2.62 bits per heavy atom. The Morgan fingerprint density at radius 1 is 1.23 bits per heavy atom. The molecule has 0 atom stereocenters. The van der Waals surface area contributed by atoms with Crippen LogP contribution in [0.25, 0.3) is 0 Å². The number of methoxy groups -OCH3 is 1. The highest BCUT2D eigenvalue weighted by Gasteiger charge is 2.21. The maximum Gasteiger partial charge on any atom is 0.255 e. The van der Waals surface area contributed by atoms with Crippen molar-refractivity contribution in [1.29, 1.82) is 0 Å². The molecule has 2 aromatic rings. The predicted molar refractivity (Wildman–Crippen MR) is 103 cm³/mol. The number of carbonyl (C=O) groups is 1. The molecule has 1 amide bonds. The van der Waals surface area contributed by atoms with Crippen molar-refractivity contribution in [3.05, 3.63) is 52.5 Å². The van der Waals surface area contributed by atoms with Crippen LogP contribution in [0.3, 0.4) is 0 Å². The predicted octanol–water partition coefficient (Wildman–Crippen LogP) is 3.60. The van der Waals surface area contributed by atoms with E-state index in [2.05, 4.69) is 10.0 Å². The molecule has 0 saturated carbocycles. The van der Waals surface area contributed by atoms with Crippen LogP contribution in [-0.4, -0.2) is 28.0 Å². The van der Waals surface area contributed by atoms with Gasteiger partial charge in [0.15, 0.2) is 0 Å². The third-order valence-electron chi connectivity index (χ3n) is 3.77. The van der Waals surface area contributed by atoms with E-state index >= 15 is 0 Å². The second-order valence-electron chi connectivity index (χ2n) is 5.63. The van der Waals surface area contributed by atoms with Crippen LogP contribution in [0.15, 0.2) is 41.3 Å². The monoisotopic (exact) mass is 396 g/mol. The van der Waals surface area contributed by atoms with Crippen LogP contribution in [0.2, 0.25) is 5.02 Å². The lowest BCUT2D eigenvalue weighted by molar-refractivity contribution is 0.102. The quantitative estimate of drug-likeness (QED) is 0.748. The Balaban J connectivity index is 2.37. The molecule has 0 radical (unpaired) electrons. The van der Waals surface area contributed by atoms with Crippen LogP contribution in [0.5, 0.6) is 5.75 Å². The Labute approximate surface area is 158 Å². The summed E-state index contributed by atoms with van der Waals surface area (Å²) in [5.74, 6) is -0.269. The molecule has 0 aliphatic heterocycles. The Bertz CT molecular complexity index is 913. The summed E-state index contributed by atoms with van der Waals surface area (Å²) in [6, 6.07) is 9.44. The van der Waals surface area contributed by atoms with Crippen LogP contribution in [-0.2, 0) is 10.0 Å². The molecule has 0 aromatic heterocycles. The number of rotatable bonds is 7. The van der Waals surface area contributed by atoms with Crippen LogP contribution < -0.4 is 14.8 Å². The van der Waals surface area contributed by atoms with Gasteiger partial charge in [0.1, 0.15) is 10.6 Å². The van der Waals surface area contributed by atoms with Crippen molar-refractivity contribution < 1.29 is 17.9 Å². The summed E-state index contributed by atoms with van der Waals surface area (Å²) >= 11 is 6.06. The van der Waals surface area contributed by atoms with E-state index in [-0.39, 0.29) is 16.2 Å². The molecule has 2 rings (SSSR count). The number of hydrogen-bond acceptors (Lipinski definition) is 4. The normalized spacial score (nSPS) is 11.2. The van der Waals surface area contributed by atoms with E-state index < -0.39 is 15.9 Å². The van der Waals surface area contributed by atoms with Crippen LogP contribution in [0.4, 0.5) is 5.69 Å². The fourth-order valence-corrected chi connectivity index (χ4v) is 3.78. The zero-order chi connectivity index (χ0) is 19.3. The summed E-state index contributed by atoms with van der Waals surface area (Å²) in [5.41, 5.74) is 1.49. The number of carbonyl (C=O) groups excluding carboxylic acids is 1.